The fourth-order valence-electron chi connectivity index (χ4n) is 3.00. The number of hydrogen-bond donors (Lipinski definition) is 4. The quantitative estimate of drug-likeness (QED) is 0.370. The molecule has 8 nitrogen and oxygen atoms in total. The van der Waals surface area contributed by atoms with Crippen LogP contribution in [0.3, 0.4) is 0 Å². The van der Waals surface area contributed by atoms with E-state index in [0.29, 0.717) is 25.8 Å². The van der Waals surface area contributed by atoms with Gasteiger partial charge in [0.25, 0.3) is 5.91 Å². The van der Waals surface area contributed by atoms with Gasteiger partial charge in [0.15, 0.2) is 0 Å². The zero-order valence-corrected chi connectivity index (χ0v) is 15.6. The Morgan fingerprint density at radius 1 is 1.20 bits per heavy atom. The van der Waals surface area contributed by atoms with Crippen LogP contribution in [0, 0.1) is 11.8 Å². The molecule has 5 atom stereocenters. The maximum atomic E-state index is 13.0. The fourth-order valence-corrected chi connectivity index (χ4v) is 3.00. The third-order valence-corrected chi connectivity index (χ3v) is 5.29. The zero-order valence-electron chi connectivity index (χ0n) is 15.6. The van der Waals surface area contributed by atoms with E-state index < -0.39 is 24.0 Å². The second-order valence-corrected chi connectivity index (χ2v) is 6.95. The van der Waals surface area contributed by atoms with Crippen LogP contribution in [0.4, 0.5) is 0 Å². The van der Waals surface area contributed by atoms with Crippen molar-refractivity contribution in [3.05, 3.63) is 0 Å². The molecule has 1 aliphatic rings. The highest BCUT2D eigenvalue weighted by molar-refractivity contribution is 5.93. The molecule has 25 heavy (non-hydrogen) atoms. The van der Waals surface area contributed by atoms with E-state index in [-0.39, 0.29) is 23.7 Å². The highest BCUT2D eigenvalue weighted by Crippen LogP contribution is 2.21. The summed E-state index contributed by atoms with van der Waals surface area (Å²) in [7, 11) is 0. The van der Waals surface area contributed by atoms with Gasteiger partial charge in [-0.2, -0.15) is 0 Å². The Hall–Kier alpha value is -1.67. The molecule has 0 aromatic heterocycles. The monoisotopic (exact) mass is 356 g/mol. The Labute approximate surface area is 149 Å². The van der Waals surface area contributed by atoms with Crippen molar-refractivity contribution in [1.29, 1.82) is 0 Å². The summed E-state index contributed by atoms with van der Waals surface area (Å²) in [5.41, 5.74) is 7.59. The van der Waals surface area contributed by atoms with Crippen LogP contribution >= 0.6 is 0 Å². The predicted octanol–water partition coefficient (Wildman–Crippen LogP) is 0.387. The molecule has 0 aliphatic carbocycles. The number of nitrogens with zero attached hydrogens (tertiary/aromatic N) is 1. The number of hydroxylamine groups is 1. The van der Waals surface area contributed by atoms with Gasteiger partial charge >= 0.3 is 0 Å². The number of hydrogen-bond acceptors (Lipinski definition) is 5. The summed E-state index contributed by atoms with van der Waals surface area (Å²) < 4.78 is 0. The normalized spacial score (nSPS) is 22.0. The summed E-state index contributed by atoms with van der Waals surface area (Å²) in [5, 5.41) is 11.7. The minimum atomic E-state index is -0.736. The standard InChI is InChI=1S/C17H32N4O4/c1-5-10(3)13(18)16(23)19-14(11(4)6-2)17(24)21-9-7-8-12(21)15(22)20-25/h10-14,25H,5-9,18H2,1-4H3,(H,19,23)(H,20,22)/t10-,11-,12-,13-,14-/m0/s1. The van der Waals surface area contributed by atoms with Crippen molar-refractivity contribution in [1.82, 2.24) is 15.7 Å². The average molecular weight is 356 g/mol. The lowest BCUT2D eigenvalue weighted by atomic mass is 9.95. The number of carbonyl (C=O) groups is 3. The highest BCUT2D eigenvalue weighted by atomic mass is 16.5. The third kappa shape index (κ3) is 5.15. The van der Waals surface area contributed by atoms with E-state index in [0.717, 1.165) is 6.42 Å². The van der Waals surface area contributed by atoms with Crippen molar-refractivity contribution >= 4 is 17.7 Å². The van der Waals surface area contributed by atoms with Crippen molar-refractivity contribution in [3.63, 3.8) is 0 Å². The number of nitrogens with two attached hydrogens (primary N) is 1. The minimum absolute atomic E-state index is 0.00684. The first-order valence-electron chi connectivity index (χ1n) is 9.08. The average Bonchev–Trinajstić information content (AvgIpc) is 3.12. The highest BCUT2D eigenvalue weighted by Gasteiger charge is 2.39. The summed E-state index contributed by atoms with van der Waals surface area (Å²) in [4.78, 5) is 38.7. The Morgan fingerprint density at radius 2 is 1.80 bits per heavy atom. The van der Waals surface area contributed by atoms with E-state index in [9.17, 15) is 14.4 Å². The van der Waals surface area contributed by atoms with Gasteiger partial charge in [-0.25, -0.2) is 5.48 Å². The van der Waals surface area contributed by atoms with Crippen LogP contribution in [0.15, 0.2) is 0 Å². The molecule has 0 unspecified atom stereocenters. The van der Waals surface area contributed by atoms with Gasteiger partial charge in [-0.05, 0) is 24.7 Å². The molecule has 0 radical (unpaired) electrons. The van der Waals surface area contributed by atoms with Gasteiger partial charge in [0, 0.05) is 6.54 Å². The number of rotatable bonds is 8. The van der Waals surface area contributed by atoms with Gasteiger partial charge in [-0.15, -0.1) is 0 Å². The van der Waals surface area contributed by atoms with Gasteiger partial charge in [0.2, 0.25) is 11.8 Å². The molecule has 0 saturated carbocycles. The summed E-state index contributed by atoms with van der Waals surface area (Å²) in [5.74, 6) is -1.34. The molecule has 1 fully saturated rings. The Balaban J connectivity index is 2.93. The van der Waals surface area contributed by atoms with Crippen molar-refractivity contribution in [2.75, 3.05) is 6.54 Å². The van der Waals surface area contributed by atoms with Crippen LogP contribution in [0.2, 0.25) is 0 Å². The third-order valence-electron chi connectivity index (χ3n) is 5.29. The van der Waals surface area contributed by atoms with E-state index in [1.807, 2.05) is 27.7 Å². The fraction of sp³-hybridized carbons (Fsp3) is 0.824. The smallest absolute Gasteiger partial charge is 0.266 e. The number of amides is 3. The first kappa shape index (κ1) is 21.4. The maximum absolute atomic E-state index is 13.0. The zero-order chi connectivity index (χ0) is 19.1. The van der Waals surface area contributed by atoms with E-state index in [4.69, 9.17) is 10.9 Å². The van der Waals surface area contributed by atoms with Crippen molar-refractivity contribution < 1.29 is 19.6 Å². The molecule has 8 heteroatoms. The van der Waals surface area contributed by atoms with Gasteiger partial charge in [-0.1, -0.05) is 40.5 Å². The van der Waals surface area contributed by atoms with Crippen LogP contribution in [-0.4, -0.2) is 52.5 Å². The molecule has 0 aromatic rings. The summed E-state index contributed by atoms with van der Waals surface area (Å²) in [6.07, 6.45) is 2.63. The Bertz CT molecular complexity index is 485. The molecule has 1 rings (SSSR count). The summed E-state index contributed by atoms with van der Waals surface area (Å²) in [6, 6.07) is -2.12. The Kier molecular flexibility index (Phi) is 8.31. The first-order chi connectivity index (χ1) is 11.8. The van der Waals surface area contributed by atoms with E-state index in [1.165, 1.54) is 4.90 Å². The molecule has 144 valence electrons. The molecule has 5 N–H and O–H groups in total. The molecule has 0 bridgehead atoms. The van der Waals surface area contributed by atoms with Gasteiger partial charge in [0.05, 0.1) is 6.04 Å². The van der Waals surface area contributed by atoms with Crippen molar-refractivity contribution in [2.24, 2.45) is 17.6 Å². The minimum Gasteiger partial charge on any atom is -0.343 e. The van der Waals surface area contributed by atoms with Crippen molar-refractivity contribution in [2.45, 2.75) is 71.5 Å². The first-order valence-corrected chi connectivity index (χ1v) is 9.08. The van der Waals surface area contributed by atoms with Gasteiger partial charge in [0.1, 0.15) is 12.1 Å². The molecular formula is C17H32N4O4. The summed E-state index contributed by atoms with van der Waals surface area (Å²) in [6.45, 7) is 8.10. The molecule has 0 spiro atoms. The topological polar surface area (TPSA) is 125 Å². The number of nitrogens with one attached hydrogen (secondary N) is 2. The molecule has 0 aromatic carbocycles. The van der Waals surface area contributed by atoms with E-state index in [1.54, 1.807) is 5.48 Å². The van der Waals surface area contributed by atoms with Gasteiger partial charge < -0.3 is 16.0 Å². The van der Waals surface area contributed by atoms with Crippen LogP contribution < -0.4 is 16.5 Å². The lowest BCUT2D eigenvalue weighted by Gasteiger charge is -2.32. The van der Waals surface area contributed by atoms with Crippen LogP contribution in [0.1, 0.15) is 53.4 Å². The largest absolute Gasteiger partial charge is 0.343 e. The molecule has 1 aliphatic heterocycles. The maximum Gasteiger partial charge on any atom is 0.266 e. The van der Waals surface area contributed by atoms with Crippen molar-refractivity contribution in [3.8, 4) is 0 Å². The Morgan fingerprint density at radius 3 is 2.32 bits per heavy atom. The molecule has 1 heterocycles. The van der Waals surface area contributed by atoms with Gasteiger partial charge in [-0.3, -0.25) is 19.6 Å². The number of carbonyl (C=O) groups excluding carboxylic acids is 3. The van der Waals surface area contributed by atoms with Crippen LogP contribution in [0.5, 0.6) is 0 Å². The van der Waals surface area contributed by atoms with Crippen LogP contribution in [-0.2, 0) is 14.4 Å². The second kappa shape index (κ2) is 9.72. The van der Waals surface area contributed by atoms with E-state index >= 15 is 0 Å². The molecular weight excluding hydrogens is 324 g/mol. The lowest BCUT2D eigenvalue weighted by Crippen LogP contribution is -2.58. The van der Waals surface area contributed by atoms with Crippen LogP contribution in [0.25, 0.3) is 0 Å². The summed E-state index contributed by atoms with van der Waals surface area (Å²) >= 11 is 0. The number of likely N-dealkylation sites (tertiary alicyclic amines) is 1. The lowest BCUT2D eigenvalue weighted by molar-refractivity contribution is -0.145. The van der Waals surface area contributed by atoms with E-state index in [2.05, 4.69) is 5.32 Å². The molecule has 1 saturated heterocycles. The second-order valence-electron chi connectivity index (χ2n) is 6.95. The SMILES string of the molecule is CC[C@H](C)[C@H](N)C(=O)N[C@H](C(=O)N1CCC[C@H]1C(=O)NO)[C@@H](C)CC. The molecule has 3 amide bonds. The predicted molar refractivity (Wildman–Crippen MR) is 93.5 cm³/mol.